The summed E-state index contributed by atoms with van der Waals surface area (Å²) in [5, 5.41) is 3.55. The summed E-state index contributed by atoms with van der Waals surface area (Å²) >= 11 is 1.98. The van der Waals surface area contributed by atoms with Crippen molar-refractivity contribution in [2.24, 2.45) is 5.92 Å². The molecule has 1 aromatic carbocycles. The minimum Gasteiger partial charge on any atom is -0.316 e. The van der Waals surface area contributed by atoms with Crippen LogP contribution in [0.5, 0.6) is 0 Å². The van der Waals surface area contributed by atoms with E-state index in [2.05, 4.69) is 61.8 Å². The van der Waals surface area contributed by atoms with Gasteiger partial charge in [-0.15, -0.1) is 11.3 Å². The Hall–Kier alpha value is -1.12. The fourth-order valence-electron chi connectivity index (χ4n) is 3.15. The molecular weight excluding hydrogens is 262 g/mol. The largest absolute Gasteiger partial charge is 0.316 e. The monoisotopic (exact) mass is 285 g/mol. The van der Waals surface area contributed by atoms with Crippen molar-refractivity contribution in [2.45, 2.75) is 38.1 Å². The topological polar surface area (TPSA) is 12.0 Å². The van der Waals surface area contributed by atoms with Crippen molar-refractivity contribution in [3.63, 3.8) is 0 Å². The van der Waals surface area contributed by atoms with Crippen LogP contribution in [-0.4, -0.2) is 13.1 Å². The van der Waals surface area contributed by atoms with E-state index in [1.54, 1.807) is 0 Å². The van der Waals surface area contributed by atoms with Crippen molar-refractivity contribution >= 4 is 11.3 Å². The fourth-order valence-corrected chi connectivity index (χ4v) is 4.17. The zero-order chi connectivity index (χ0) is 13.9. The lowest BCUT2D eigenvalue weighted by atomic mass is 10.0. The molecule has 0 spiro atoms. The average molecular weight is 285 g/mol. The van der Waals surface area contributed by atoms with Gasteiger partial charge in [0.15, 0.2) is 0 Å². The highest BCUT2D eigenvalue weighted by Gasteiger charge is 2.43. The predicted octanol–water partition coefficient (Wildman–Crippen LogP) is 4.24. The zero-order valence-electron chi connectivity index (χ0n) is 12.3. The van der Waals surface area contributed by atoms with Crippen molar-refractivity contribution in [3.8, 4) is 0 Å². The van der Waals surface area contributed by atoms with Crippen LogP contribution in [0.25, 0.3) is 0 Å². The number of likely N-dealkylation sites (N-methyl/N-ethyl adjacent to an activating group) is 1. The molecule has 3 atom stereocenters. The van der Waals surface area contributed by atoms with Gasteiger partial charge in [0.2, 0.25) is 0 Å². The number of rotatable bonds is 6. The molecule has 0 aliphatic heterocycles. The van der Waals surface area contributed by atoms with Crippen LogP contribution in [0.4, 0.5) is 0 Å². The Labute approximate surface area is 126 Å². The van der Waals surface area contributed by atoms with Gasteiger partial charge in [0, 0.05) is 15.8 Å². The molecule has 0 radical (unpaired) electrons. The number of aryl methyl sites for hydroxylation is 1. The Morgan fingerprint density at radius 1 is 1.15 bits per heavy atom. The van der Waals surface area contributed by atoms with Gasteiger partial charge in [0.1, 0.15) is 0 Å². The highest BCUT2D eigenvalue weighted by atomic mass is 32.1. The first-order chi connectivity index (χ1) is 9.81. The Morgan fingerprint density at radius 3 is 2.55 bits per heavy atom. The lowest BCUT2D eigenvalue weighted by molar-refractivity contribution is 0.494. The van der Waals surface area contributed by atoms with Crippen LogP contribution >= 0.6 is 11.3 Å². The minimum absolute atomic E-state index is 0.614. The number of hydrogen-bond acceptors (Lipinski definition) is 2. The second-order valence-electron chi connectivity index (χ2n) is 5.74. The zero-order valence-corrected chi connectivity index (χ0v) is 13.1. The molecule has 1 aliphatic rings. The summed E-state index contributed by atoms with van der Waals surface area (Å²) in [6.07, 6.45) is 3.67. The lowest BCUT2D eigenvalue weighted by Gasteiger charge is -2.15. The predicted molar refractivity (Wildman–Crippen MR) is 87.5 cm³/mol. The van der Waals surface area contributed by atoms with Crippen molar-refractivity contribution in [1.82, 2.24) is 5.32 Å². The molecule has 1 saturated carbocycles. The molecule has 0 saturated heterocycles. The maximum Gasteiger partial charge on any atom is 0.0147 e. The highest BCUT2D eigenvalue weighted by Crippen LogP contribution is 2.50. The standard InChI is InChI=1S/C18H23NS/c1-3-14-9-10-15(20-14)11-18(19-2)17-12-16(17)13-7-5-4-6-8-13/h4-10,16-19H,3,11-12H2,1-2H3. The van der Waals surface area contributed by atoms with Crippen molar-refractivity contribution < 1.29 is 0 Å². The highest BCUT2D eigenvalue weighted by molar-refractivity contribution is 7.11. The summed E-state index contributed by atoms with van der Waals surface area (Å²) in [6.45, 7) is 2.23. The summed E-state index contributed by atoms with van der Waals surface area (Å²) in [6, 6.07) is 16.2. The van der Waals surface area contributed by atoms with Crippen LogP contribution in [0.3, 0.4) is 0 Å². The van der Waals surface area contributed by atoms with Gasteiger partial charge in [-0.2, -0.15) is 0 Å². The maximum atomic E-state index is 3.55. The van der Waals surface area contributed by atoms with Crippen LogP contribution < -0.4 is 5.32 Å². The SMILES string of the molecule is CCc1ccc(CC(NC)C2CC2c2ccccc2)s1. The van der Waals surface area contributed by atoms with Crippen LogP contribution in [0.2, 0.25) is 0 Å². The van der Waals surface area contributed by atoms with Gasteiger partial charge in [-0.05, 0) is 55.8 Å². The Kier molecular flexibility index (Phi) is 4.23. The average Bonchev–Trinajstić information content (AvgIpc) is 3.17. The number of nitrogens with one attached hydrogen (secondary N) is 1. The van der Waals surface area contributed by atoms with Gasteiger partial charge in [-0.1, -0.05) is 37.3 Å². The normalized spacial score (nSPS) is 22.7. The third kappa shape index (κ3) is 2.97. The second-order valence-corrected chi connectivity index (χ2v) is 6.99. The van der Waals surface area contributed by atoms with Crippen LogP contribution in [0.15, 0.2) is 42.5 Å². The first-order valence-corrected chi connectivity index (χ1v) is 8.43. The Balaban J connectivity index is 1.64. The molecule has 2 aromatic rings. The number of benzene rings is 1. The van der Waals surface area contributed by atoms with Crippen molar-refractivity contribution in [1.29, 1.82) is 0 Å². The molecule has 1 N–H and O–H groups in total. The lowest BCUT2D eigenvalue weighted by Crippen LogP contribution is -2.30. The van der Waals surface area contributed by atoms with E-state index in [0.717, 1.165) is 18.3 Å². The summed E-state index contributed by atoms with van der Waals surface area (Å²) in [7, 11) is 2.11. The molecule has 3 unspecified atom stereocenters. The minimum atomic E-state index is 0.614. The maximum absolute atomic E-state index is 3.55. The van der Waals surface area contributed by atoms with Gasteiger partial charge >= 0.3 is 0 Å². The van der Waals surface area contributed by atoms with Gasteiger partial charge in [-0.25, -0.2) is 0 Å². The third-order valence-electron chi connectivity index (χ3n) is 4.44. The third-order valence-corrected chi connectivity index (χ3v) is 5.69. The van der Waals surface area contributed by atoms with Crippen molar-refractivity contribution in [3.05, 3.63) is 57.8 Å². The molecule has 2 heteroatoms. The van der Waals surface area contributed by atoms with Gasteiger partial charge in [0.05, 0.1) is 0 Å². The van der Waals surface area contributed by atoms with Gasteiger partial charge in [-0.3, -0.25) is 0 Å². The first-order valence-electron chi connectivity index (χ1n) is 7.61. The second kappa shape index (κ2) is 6.11. The molecule has 0 bridgehead atoms. The van der Waals surface area contributed by atoms with E-state index < -0.39 is 0 Å². The molecule has 20 heavy (non-hydrogen) atoms. The van der Waals surface area contributed by atoms with Crippen LogP contribution in [0, 0.1) is 5.92 Å². The molecule has 1 aromatic heterocycles. The fraction of sp³-hybridized carbons (Fsp3) is 0.444. The quantitative estimate of drug-likeness (QED) is 0.837. The molecule has 0 amide bonds. The summed E-state index contributed by atoms with van der Waals surface area (Å²) in [5.41, 5.74) is 1.51. The molecule has 1 fully saturated rings. The van der Waals surface area contributed by atoms with Crippen LogP contribution in [0.1, 0.15) is 34.6 Å². The molecule has 1 nitrogen and oxygen atoms in total. The van der Waals surface area contributed by atoms with E-state index >= 15 is 0 Å². The van der Waals surface area contributed by atoms with E-state index in [4.69, 9.17) is 0 Å². The molecular formula is C18H23NS. The Bertz CT molecular complexity index is 546. The summed E-state index contributed by atoms with van der Waals surface area (Å²) in [5.74, 6) is 1.56. The summed E-state index contributed by atoms with van der Waals surface area (Å²) < 4.78 is 0. The van der Waals surface area contributed by atoms with Crippen LogP contribution in [-0.2, 0) is 12.8 Å². The Morgan fingerprint density at radius 2 is 1.90 bits per heavy atom. The smallest absolute Gasteiger partial charge is 0.0147 e. The first kappa shape index (κ1) is 13.8. The van der Waals surface area contributed by atoms with E-state index in [9.17, 15) is 0 Å². The van der Waals surface area contributed by atoms with E-state index in [-0.39, 0.29) is 0 Å². The van der Waals surface area contributed by atoms with Gasteiger partial charge < -0.3 is 5.32 Å². The van der Waals surface area contributed by atoms with E-state index in [0.29, 0.717) is 6.04 Å². The molecule has 1 aliphatic carbocycles. The van der Waals surface area contributed by atoms with E-state index in [1.807, 2.05) is 11.3 Å². The van der Waals surface area contributed by atoms with E-state index in [1.165, 1.54) is 28.2 Å². The molecule has 106 valence electrons. The summed E-state index contributed by atoms with van der Waals surface area (Å²) in [4.78, 5) is 3.03. The molecule has 1 heterocycles. The van der Waals surface area contributed by atoms with Crippen molar-refractivity contribution in [2.75, 3.05) is 7.05 Å². The number of thiophene rings is 1. The number of hydrogen-bond donors (Lipinski definition) is 1. The van der Waals surface area contributed by atoms with Gasteiger partial charge in [0.25, 0.3) is 0 Å². The molecule has 3 rings (SSSR count).